The van der Waals surface area contributed by atoms with Crippen molar-refractivity contribution in [1.82, 2.24) is 4.90 Å². The van der Waals surface area contributed by atoms with Crippen molar-refractivity contribution in [1.29, 1.82) is 5.26 Å². The van der Waals surface area contributed by atoms with Crippen molar-refractivity contribution >= 4 is 0 Å². The molecule has 0 spiro atoms. The lowest BCUT2D eigenvalue weighted by atomic mass is 9.99. The predicted molar refractivity (Wildman–Crippen MR) is 51.2 cm³/mol. The van der Waals surface area contributed by atoms with Crippen LogP contribution in [0.4, 0.5) is 0 Å². The Labute approximate surface area is 80.3 Å². The van der Waals surface area contributed by atoms with Gasteiger partial charge in [-0.05, 0) is 32.7 Å². The molecule has 0 aromatic carbocycles. The van der Waals surface area contributed by atoms with E-state index in [1.165, 1.54) is 0 Å². The maximum Gasteiger partial charge on any atom is 0.0946 e. The quantitative estimate of drug-likeness (QED) is 0.659. The minimum atomic E-state index is 0.0304. The summed E-state index contributed by atoms with van der Waals surface area (Å²) in [5.74, 6) is 0.717. The highest BCUT2D eigenvalue weighted by Crippen LogP contribution is 2.16. The van der Waals surface area contributed by atoms with E-state index in [9.17, 15) is 0 Å². The highest BCUT2D eigenvalue weighted by Gasteiger charge is 2.17. The van der Waals surface area contributed by atoms with Crippen LogP contribution in [0.5, 0.6) is 0 Å². The van der Waals surface area contributed by atoms with E-state index < -0.39 is 0 Å². The molecule has 1 atom stereocenters. The van der Waals surface area contributed by atoms with Gasteiger partial charge in [0.05, 0.1) is 12.1 Å². The van der Waals surface area contributed by atoms with E-state index in [-0.39, 0.29) is 6.04 Å². The molecule has 0 aromatic heterocycles. The summed E-state index contributed by atoms with van der Waals surface area (Å²) in [6.07, 6.45) is 2.28. The molecule has 1 heterocycles. The van der Waals surface area contributed by atoms with Crippen LogP contribution in [0.2, 0.25) is 0 Å². The molecular weight excluding hydrogens is 164 g/mol. The van der Waals surface area contributed by atoms with Crippen LogP contribution in [0.15, 0.2) is 0 Å². The topological polar surface area (TPSA) is 36.3 Å². The summed E-state index contributed by atoms with van der Waals surface area (Å²) in [6.45, 7) is 4.75. The highest BCUT2D eigenvalue weighted by atomic mass is 16.5. The standard InChI is InChI=1S/C10H18N2O/c1-9(7-11)12(2)8-10-3-5-13-6-4-10/h9-10H,3-6,8H2,1-2H3. The lowest BCUT2D eigenvalue weighted by Gasteiger charge is -2.28. The SMILES string of the molecule is CC(C#N)N(C)CC1CCOCC1. The molecule has 0 radical (unpaired) electrons. The van der Waals surface area contributed by atoms with Crippen molar-refractivity contribution in [3.63, 3.8) is 0 Å². The lowest BCUT2D eigenvalue weighted by molar-refractivity contribution is 0.0539. The van der Waals surface area contributed by atoms with Crippen molar-refractivity contribution in [3.05, 3.63) is 0 Å². The summed E-state index contributed by atoms with van der Waals surface area (Å²) in [5, 5.41) is 8.72. The number of rotatable bonds is 3. The van der Waals surface area contributed by atoms with Gasteiger partial charge in [0.1, 0.15) is 0 Å². The van der Waals surface area contributed by atoms with Crippen LogP contribution in [0, 0.1) is 17.2 Å². The normalized spacial score (nSPS) is 21.4. The molecule has 1 saturated heterocycles. The van der Waals surface area contributed by atoms with Crippen LogP contribution in [0.25, 0.3) is 0 Å². The molecule has 0 aliphatic carbocycles. The van der Waals surface area contributed by atoms with Gasteiger partial charge in [0, 0.05) is 19.8 Å². The van der Waals surface area contributed by atoms with E-state index in [2.05, 4.69) is 11.0 Å². The Morgan fingerprint density at radius 2 is 2.15 bits per heavy atom. The molecule has 0 aromatic rings. The molecule has 1 rings (SSSR count). The first-order valence-electron chi connectivity index (χ1n) is 4.91. The Kier molecular flexibility index (Phi) is 4.20. The van der Waals surface area contributed by atoms with E-state index in [1.807, 2.05) is 14.0 Å². The summed E-state index contributed by atoms with van der Waals surface area (Å²) in [4.78, 5) is 2.12. The van der Waals surface area contributed by atoms with E-state index >= 15 is 0 Å². The van der Waals surface area contributed by atoms with Crippen LogP contribution >= 0.6 is 0 Å². The second kappa shape index (κ2) is 5.21. The number of ether oxygens (including phenoxy) is 1. The van der Waals surface area contributed by atoms with Crippen LogP contribution in [0.3, 0.4) is 0 Å². The minimum absolute atomic E-state index is 0.0304. The second-order valence-electron chi connectivity index (χ2n) is 3.80. The van der Waals surface area contributed by atoms with Gasteiger partial charge in [0.2, 0.25) is 0 Å². The smallest absolute Gasteiger partial charge is 0.0946 e. The molecular formula is C10H18N2O. The van der Waals surface area contributed by atoms with Crippen molar-refractivity contribution in [3.8, 4) is 6.07 Å². The Morgan fingerprint density at radius 3 is 2.69 bits per heavy atom. The zero-order chi connectivity index (χ0) is 9.68. The van der Waals surface area contributed by atoms with Gasteiger partial charge in [-0.2, -0.15) is 5.26 Å². The van der Waals surface area contributed by atoms with Crippen molar-refractivity contribution < 1.29 is 4.74 Å². The van der Waals surface area contributed by atoms with Crippen LogP contribution in [0.1, 0.15) is 19.8 Å². The molecule has 0 saturated carbocycles. The average Bonchev–Trinajstić information content (AvgIpc) is 2.18. The van der Waals surface area contributed by atoms with Gasteiger partial charge in [-0.25, -0.2) is 0 Å². The molecule has 0 amide bonds. The predicted octanol–water partition coefficient (Wildman–Crippen LogP) is 1.26. The number of nitrogens with zero attached hydrogens (tertiary/aromatic N) is 2. The third-order valence-corrected chi connectivity index (χ3v) is 2.74. The molecule has 13 heavy (non-hydrogen) atoms. The summed E-state index contributed by atoms with van der Waals surface area (Å²) in [5.41, 5.74) is 0. The first-order valence-corrected chi connectivity index (χ1v) is 4.91. The first-order chi connectivity index (χ1) is 6.24. The van der Waals surface area contributed by atoms with Crippen LogP contribution < -0.4 is 0 Å². The largest absolute Gasteiger partial charge is 0.381 e. The van der Waals surface area contributed by atoms with Crippen LogP contribution in [-0.2, 0) is 4.74 Å². The van der Waals surface area contributed by atoms with E-state index in [1.54, 1.807) is 0 Å². The fourth-order valence-corrected chi connectivity index (χ4v) is 1.59. The first kappa shape index (κ1) is 10.5. The fraction of sp³-hybridized carbons (Fsp3) is 0.900. The Morgan fingerprint density at radius 1 is 1.54 bits per heavy atom. The Balaban J connectivity index is 2.26. The number of nitriles is 1. The van der Waals surface area contributed by atoms with Crippen molar-refractivity contribution in [2.24, 2.45) is 5.92 Å². The molecule has 3 nitrogen and oxygen atoms in total. The van der Waals surface area contributed by atoms with Crippen molar-refractivity contribution in [2.75, 3.05) is 26.8 Å². The van der Waals surface area contributed by atoms with Gasteiger partial charge in [-0.1, -0.05) is 0 Å². The van der Waals surface area contributed by atoms with Gasteiger partial charge in [-0.15, -0.1) is 0 Å². The molecule has 1 aliphatic rings. The summed E-state index contributed by atoms with van der Waals surface area (Å²) >= 11 is 0. The van der Waals surface area contributed by atoms with Gasteiger partial charge >= 0.3 is 0 Å². The Hall–Kier alpha value is -0.590. The maximum atomic E-state index is 8.72. The Bertz CT molecular complexity index is 182. The molecule has 3 heteroatoms. The van der Waals surface area contributed by atoms with E-state index in [0.29, 0.717) is 0 Å². The zero-order valence-electron chi connectivity index (χ0n) is 8.49. The van der Waals surface area contributed by atoms with Crippen LogP contribution in [-0.4, -0.2) is 37.7 Å². The lowest BCUT2D eigenvalue weighted by Crippen LogP contribution is -2.34. The monoisotopic (exact) mass is 182 g/mol. The van der Waals surface area contributed by atoms with E-state index in [4.69, 9.17) is 10.00 Å². The molecule has 1 aliphatic heterocycles. The molecule has 1 unspecified atom stereocenters. The van der Waals surface area contributed by atoms with E-state index in [0.717, 1.165) is 38.5 Å². The molecule has 1 fully saturated rings. The summed E-state index contributed by atoms with van der Waals surface area (Å²) < 4.78 is 5.28. The highest BCUT2D eigenvalue weighted by molar-refractivity contribution is 4.87. The summed E-state index contributed by atoms with van der Waals surface area (Å²) in [6, 6.07) is 2.28. The maximum absolute atomic E-state index is 8.72. The summed E-state index contributed by atoms with van der Waals surface area (Å²) in [7, 11) is 2.02. The number of hydrogen-bond acceptors (Lipinski definition) is 3. The number of hydrogen-bond donors (Lipinski definition) is 0. The molecule has 74 valence electrons. The van der Waals surface area contributed by atoms with Gasteiger partial charge < -0.3 is 4.74 Å². The minimum Gasteiger partial charge on any atom is -0.381 e. The van der Waals surface area contributed by atoms with Crippen molar-refractivity contribution in [2.45, 2.75) is 25.8 Å². The zero-order valence-corrected chi connectivity index (χ0v) is 8.49. The fourth-order valence-electron chi connectivity index (χ4n) is 1.59. The third kappa shape index (κ3) is 3.33. The van der Waals surface area contributed by atoms with Gasteiger partial charge in [0.25, 0.3) is 0 Å². The molecule has 0 N–H and O–H groups in total. The van der Waals surface area contributed by atoms with Gasteiger partial charge in [-0.3, -0.25) is 4.90 Å². The second-order valence-corrected chi connectivity index (χ2v) is 3.80. The average molecular weight is 182 g/mol. The molecule has 0 bridgehead atoms. The third-order valence-electron chi connectivity index (χ3n) is 2.74. The van der Waals surface area contributed by atoms with Gasteiger partial charge in [0.15, 0.2) is 0 Å².